The van der Waals surface area contributed by atoms with Gasteiger partial charge >= 0.3 is 0 Å². The number of rotatable bonds is 3. The summed E-state index contributed by atoms with van der Waals surface area (Å²) in [6.07, 6.45) is 1.19. The lowest BCUT2D eigenvalue weighted by Crippen LogP contribution is -2.02. The van der Waals surface area contributed by atoms with Crippen LogP contribution in [0, 0.1) is 11.8 Å². The highest BCUT2D eigenvalue weighted by atomic mass is 14.1. The van der Waals surface area contributed by atoms with Gasteiger partial charge in [-0.2, -0.15) is 0 Å². The summed E-state index contributed by atoms with van der Waals surface area (Å²) in [6.45, 7) is 12.5. The summed E-state index contributed by atoms with van der Waals surface area (Å²) in [6, 6.07) is 0. The van der Waals surface area contributed by atoms with Crippen LogP contribution in [0.15, 0.2) is 17.9 Å². The number of allylic oxidation sites excluding steroid dienone is 1. The van der Waals surface area contributed by atoms with E-state index in [4.69, 9.17) is 0 Å². The fourth-order valence-corrected chi connectivity index (χ4v) is 1.17. The quantitative estimate of drug-likeness (QED) is 0.524. The van der Waals surface area contributed by atoms with Crippen LogP contribution >= 0.6 is 0 Å². The maximum atomic E-state index is 3.69. The minimum atomic E-state index is 0.604. The zero-order valence-corrected chi connectivity index (χ0v) is 7.57. The van der Waals surface area contributed by atoms with Crippen LogP contribution in [-0.2, 0) is 0 Å². The molecule has 0 heterocycles. The molecule has 58 valence electrons. The van der Waals surface area contributed by atoms with Gasteiger partial charge in [0.25, 0.3) is 0 Å². The molecule has 0 amide bonds. The average molecular weight is 138 g/mol. The largest absolute Gasteiger partial charge is 0.129 e. The summed E-state index contributed by atoms with van der Waals surface area (Å²) >= 11 is 0. The Morgan fingerprint density at radius 1 is 1.40 bits per heavy atom. The Hall–Kier alpha value is -0.480. The van der Waals surface area contributed by atoms with Crippen LogP contribution in [0.4, 0.5) is 0 Å². The van der Waals surface area contributed by atoms with Gasteiger partial charge in [-0.1, -0.05) is 34.3 Å². The second kappa shape index (κ2) is 4.35. The zero-order chi connectivity index (χ0) is 8.15. The average Bonchev–Trinajstić information content (AvgIpc) is 1.88. The van der Waals surface area contributed by atoms with Crippen LogP contribution in [0.5, 0.6) is 0 Å². The summed E-state index contributed by atoms with van der Waals surface area (Å²) in [4.78, 5) is 0. The van der Waals surface area contributed by atoms with Crippen molar-refractivity contribution in [3.05, 3.63) is 17.9 Å². The molecule has 0 N–H and O–H groups in total. The van der Waals surface area contributed by atoms with E-state index in [1.54, 1.807) is 0 Å². The molecule has 0 aliphatic carbocycles. The topological polar surface area (TPSA) is 0 Å². The molecule has 10 heavy (non-hydrogen) atoms. The highest BCUT2D eigenvalue weighted by molar-refractivity contribution is 5.05. The molecule has 0 saturated carbocycles. The molecule has 0 saturated heterocycles. The van der Waals surface area contributed by atoms with Crippen LogP contribution in [0.1, 0.15) is 34.1 Å². The first-order valence-corrected chi connectivity index (χ1v) is 4.03. The van der Waals surface area contributed by atoms with E-state index in [0.29, 0.717) is 11.8 Å². The van der Waals surface area contributed by atoms with E-state index < -0.39 is 0 Å². The highest BCUT2D eigenvalue weighted by Crippen LogP contribution is 2.20. The molecule has 0 aromatic rings. The highest BCUT2D eigenvalue weighted by Gasteiger charge is 2.08. The summed E-state index contributed by atoms with van der Waals surface area (Å²) in [5.74, 6) is 1.25. The third-order valence-electron chi connectivity index (χ3n) is 1.97. The predicted molar refractivity (Wildman–Crippen MR) is 46.9 cm³/mol. The molecule has 1 unspecified atom stereocenters. The Morgan fingerprint density at radius 3 is 2.00 bits per heavy atom. The number of hydrogen-bond acceptors (Lipinski definition) is 0. The van der Waals surface area contributed by atoms with E-state index >= 15 is 0 Å². The van der Waals surface area contributed by atoms with Gasteiger partial charge in [-0.3, -0.25) is 0 Å². The molecule has 0 heteroatoms. The first-order valence-electron chi connectivity index (χ1n) is 4.03. The molecule has 0 aliphatic rings. The first kappa shape index (κ1) is 9.52. The maximum absolute atomic E-state index is 3.69. The minimum Gasteiger partial charge on any atom is -0.129 e. The molecule has 0 spiro atoms. The molecule has 0 aliphatic heterocycles. The van der Waals surface area contributed by atoms with Gasteiger partial charge in [0, 0.05) is 0 Å². The fraction of sp³-hybridized carbons (Fsp3) is 0.700. The van der Waals surface area contributed by atoms with Gasteiger partial charge in [0.2, 0.25) is 0 Å². The first-order chi connectivity index (χ1) is 4.63. The molecular weight excluding hydrogens is 120 g/mol. The standard InChI is InChI=1S/C10H18/c1-6-9(5)10(7-2)8(3)4/h8-9H,2,6H2,1,3-5H3. The van der Waals surface area contributed by atoms with Crippen LogP contribution in [-0.4, -0.2) is 0 Å². The summed E-state index contributed by atoms with van der Waals surface area (Å²) < 4.78 is 0. The summed E-state index contributed by atoms with van der Waals surface area (Å²) in [5.41, 5.74) is 4.38. The van der Waals surface area contributed by atoms with Crippen molar-refractivity contribution < 1.29 is 0 Å². The van der Waals surface area contributed by atoms with Crippen molar-refractivity contribution in [1.82, 2.24) is 0 Å². The Labute approximate surface area is 64.6 Å². The van der Waals surface area contributed by atoms with Crippen molar-refractivity contribution in [2.45, 2.75) is 34.1 Å². The molecule has 1 atom stereocenters. The Kier molecular flexibility index (Phi) is 4.14. The third kappa shape index (κ3) is 2.41. The van der Waals surface area contributed by atoms with Crippen molar-refractivity contribution in [2.75, 3.05) is 0 Å². The zero-order valence-electron chi connectivity index (χ0n) is 7.57. The lowest BCUT2D eigenvalue weighted by Gasteiger charge is -2.14. The monoisotopic (exact) mass is 138 g/mol. The van der Waals surface area contributed by atoms with Crippen molar-refractivity contribution in [2.24, 2.45) is 11.8 Å². The van der Waals surface area contributed by atoms with E-state index in [2.05, 4.69) is 40.0 Å². The molecule has 0 aromatic heterocycles. The van der Waals surface area contributed by atoms with Crippen LogP contribution in [0.25, 0.3) is 0 Å². The Bertz CT molecular complexity index is 136. The Balaban J connectivity index is 4.23. The summed E-state index contributed by atoms with van der Waals surface area (Å²) in [7, 11) is 0. The van der Waals surface area contributed by atoms with Crippen molar-refractivity contribution in [3.63, 3.8) is 0 Å². The minimum absolute atomic E-state index is 0.604. The normalized spacial score (nSPS) is 12.9. The molecule has 0 fully saturated rings. The van der Waals surface area contributed by atoms with Gasteiger partial charge in [0.15, 0.2) is 0 Å². The van der Waals surface area contributed by atoms with E-state index in [9.17, 15) is 0 Å². The van der Waals surface area contributed by atoms with Gasteiger partial charge in [-0.05, 0) is 23.8 Å². The molecule has 0 radical (unpaired) electrons. The van der Waals surface area contributed by atoms with Crippen molar-refractivity contribution >= 4 is 0 Å². The van der Waals surface area contributed by atoms with E-state index in [-0.39, 0.29) is 0 Å². The van der Waals surface area contributed by atoms with Gasteiger partial charge in [0.1, 0.15) is 0 Å². The smallest absolute Gasteiger partial charge is 0.0156 e. The van der Waals surface area contributed by atoms with Gasteiger partial charge in [-0.25, -0.2) is 0 Å². The van der Waals surface area contributed by atoms with Gasteiger partial charge in [-0.15, -0.1) is 5.73 Å². The molecule has 0 bridgehead atoms. The molecule has 0 aromatic carbocycles. The fourth-order valence-electron chi connectivity index (χ4n) is 1.17. The third-order valence-corrected chi connectivity index (χ3v) is 1.97. The Morgan fingerprint density at radius 2 is 1.90 bits per heavy atom. The van der Waals surface area contributed by atoms with Gasteiger partial charge < -0.3 is 0 Å². The number of hydrogen-bond donors (Lipinski definition) is 0. The lowest BCUT2D eigenvalue weighted by atomic mass is 9.90. The maximum Gasteiger partial charge on any atom is -0.0156 e. The van der Waals surface area contributed by atoms with Crippen molar-refractivity contribution in [3.8, 4) is 0 Å². The second-order valence-electron chi connectivity index (χ2n) is 3.10. The molecule has 0 rings (SSSR count). The van der Waals surface area contributed by atoms with E-state index in [1.807, 2.05) is 0 Å². The second-order valence-corrected chi connectivity index (χ2v) is 3.10. The molecule has 0 nitrogen and oxygen atoms in total. The summed E-state index contributed by atoms with van der Waals surface area (Å²) in [5, 5.41) is 0. The predicted octanol–water partition coefficient (Wildman–Crippen LogP) is 3.40. The van der Waals surface area contributed by atoms with Crippen LogP contribution in [0.2, 0.25) is 0 Å². The van der Waals surface area contributed by atoms with E-state index in [1.165, 1.54) is 12.0 Å². The van der Waals surface area contributed by atoms with Gasteiger partial charge in [0.05, 0.1) is 0 Å². The van der Waals surface area contributed by atoms with Crippen molar-refractivity contribution in [1.29, 1.82) is 0 Å². The van der Waals surface area contributed by atoms with Crippen LogP contribution in [0.3, 0.4) is 0 Å². The lowest BCUT2D eigenvalue weighted by molar-refractivity contribution is 0.570. The van der Waals surface area contributed by atoms with E-state index in [0.717, 1.165) is 0 Å². The SMILES string of the molecule is C=C=C(C(C)C)C(C)CC. The molecular formula is C10H18. The van der Waals surface area contributed by atoms with Crippen LogP contribution < -0.4 is 0 Å².